The molecule has 0 bridgehead atoms. The van der Waals surface area contributed by atoms with Gasteiger partial charge in [-0.25, -0.2) is 9.67 Å². The number of benzene rings is 1. The van der Waals surface area contributed by atoms with Crippen LogP contribution in [0.1, 0.15) is 5.82 Å². The lowest BCUT2D eigenvalue weighted by Crippen LogP contribution is -1.98. The minimum absolute atomic E-state index is 0.0745. The van der Waals surface area contributed by atoms with Crippen molar-refractivity contribution in [2.75, 3.05) is 5.75 Å². The normalized spacial score (nSPS) is 12.2. The van der Waals surface area contributed by atoms with Crippen molar-refractivity contribution in [2.45, 2.75) is 5.16 Å². The Hall–Kier alpha value is -2.86. The van der Waals surface area contributed by atoms with Crippen LogP contribution in [0.4, 0.5) is 0 Å². The fraction of sp³-hybridized carbons (Fsp3) is 0.154. The lowest BCUT2D eigenvalue weighted by atomic mass is 10.2. The second-order valence-electron chi connectivity index (χ2n) is 4.41. The molecule has 0 aliphatic heterocycles. The zero-order chi connectivity index (χ0) is 15.5. The zero-order valence-corrected chi connectivity index (χ0v) is 12.4. The van der Waals surface area contributed by atoms with Gasteiger partial charge in [0.1, 0.15) is 17.4 Å². The number of aromatic nitrogens is 6. The molecule has 0 saturated carbocycles. The van der Waals surface area contributed by atoms with Gasteiger partial charge in [-0.1, -0.05) is 23.9 Å². The number of aliphatic hydroxyl groups excluding tert-OH is 1. The molecule has 110 valence electrons. The molecule has 0 radical (unpaired) electrons. The van der Waals surface area contributed by atoms with Gasteiger partial charge in [0.25, 0.3) is 0 Å². The van der Waals surface area contributed by atoms with Gasteiger partial charge in [-0.3, -0.25) is 0 Å². The first kappa shape index (κ1) is 14.1. The van der Waals surface area contributed by atoms with E-state index in [4.69, 9.17) is 0 Å². The van der Waals surface area contributed by atoms with E-state index in [-0.39, 0.29) is 17.1 Å². The predicted molar refractivity (Wildman–Crippen MR) is 80.8 cm³/mol. The monoisotopic (exact) mass is 313 g/mol. The number of nitrogens with one attached hydrogen (secondary N) is 1. The molecule has 3 rings (SSSR count). The highest BCUT2D eigenvalue weighted by Gasteiger charge is 2.14. The number of aryl methyl sites for hydroxylation is 1. The molecule has 1 aromatic carbocycles. The van der Waals surface area contributed by atoms with Gasteiger partial charge in [0.15, 0.2) is 5.82 Å². The van der Waals surface area contributed by atoms with Gasteiger partial charge >= 0.3 is 0 Å². The second kappa shape index (κ2) is 5.87. The molecule has 2 N–H and O–H groups in total. The molecule has 2 heterocycles. The Labute approximate surface area is 129 Å². The quantitative estimate of drug-likeness (QED) is 0.427. The Balaban J connectivity index is 1.88. The van der Waals surface area contributed by atoms with Gasteiger partial charge in [0.2, 0.25) is 5.16 Å². The van der Waals surface area contributed by atoms with E-state index in [0.717, 1.165) is 11.0 Å². The molecule has 0 unspecified atom stereocenters. The number of nitriles is 1. The number of rotatable bonds is 4. The highest BCUT2D eigenvalue weighted by molar-refractivity contribution is 7.99. The van der Waals surface area contributed by atoms with E-state index >= 15 is 0 Å². The summed E-state index contributed by atoms with van der Waals surface area (Å²) in [6.07, 6.45) is 0. The van der Waals surface area contributed by atoms with E-state index in [0.29, 0.717) is 11.0 Å². The number of aliphatic hydroxyl groups is 1. The van der Waals surface area contributed by atoms with Crippen molar-refractivity contribution in [3.63, 3.8) is 0 Å². The lowest BCUT2D eigenvalue weighted by Gasteiger charge is -2.01. The zero-order valence-electron chi connectivity index (χ0n) is 11.6. The summed E-state index contributed by atoms with van der Waals surface area (Å²) < 4.78 is 1.49. The maximum absolute atomic E-state index is 10.2. The van der Waals surface area contributed by atoms with Crippen LogP contribution in [-0.2, 0) is 7.05 Å². The van der Waals surface area contributed by atoms with Gasteiger partial charge in [-0.2, -0.15) is 5.26 Å². The van der Waals surface area contributed by atoms with Crippen LogP contribution in [0.25, 0.3) is 16.6 Å². The van der Waals surface area contributed by atoms with Crippen LogP contribution in [0.3, 0.4) is 0 Å². The lowest BCUT2D eigenvalue weighted by molar-refractivity contribution is 0.420. The fourth-order valence-corrected chi connectivity index (χ4v) is 2.60. The number of para-hydroxylation sites is 2. The van der Waals surface area contributed by atoms with Crippen LogP contribution < -0.4 is 0 Å². The number of H-pyrrole nitrogens is 1. The number of fused-ring (bicyclic) bond motifs is 1. The number of imidazole rings is 1. The van der Waals surface area contributed by atoms with Crippen molar-refractivity contribution in [1.82, 2.24) is 30.2 Å². The van der Waals surface area contributed by atoms with Crippen LogP contribution in [0.5, 0.6) is 0 Å². The number of allylic oxidation sites excluding steroid dienone is 1. The number of aromatic amines is 1. The Bertz CT molecular complexity index is 856. The van der Waals surface area contributed by atoms with Crippen molar-refractivity contribution in [3.05, 3.63) is 35.8 Å². The number of hydrogen-bond acceptors (Lipinski definition) is 7. The molecule has 0 saturated heterocycles. The maximum atomic E-state index is 10.2. The molecule has 2 aromatic heterocycles. The standard InChI is InChI=1S/C13H11N7OS/c1-20-13(17-18-19-20)22-7-11(21)8(6-14)12-15-9-4-2-3-5-10(9)16-12/h2-5,21H,7H2,1H3,(H,15,16)/b11-8-. The molecule has 0 fully saturated rings. The molecule has 9 heteroatoms. The highest BCUT2D eigenvalue weighted by Crippen LogP contribution is 2.22. The number of thioether (sulfide) groups is 1. The molecule has 8 nitrogen and oxygen atoms in total. The summed E-state index contributed by atoms with van der Waals surface area (Å²) in [5.74, 6) is 0.446. The molecule has 0 aliphatic carbocycles. The first-order chi connectivity index (χ1) is 10.7. The van der Waals surface area contributed by atoms with Gasteiger partial charge in [0.05, 0.1) is 16.8 Å². The van der Waals surface area contributed by atoms with Crippen LogP contribution in [0, 0.1) is 11.3 Å². The van der Waals surface area contributed by atoms with E-state index in [1.165, 1.54) is 16.4 Å². The molecule has 0 atom stereocenters. The Morgan fingerprint density at radius 2 is 2.27 bits per heavy atom. The van der Waals surface area contributed by atoms with Crippen LogP contribution in [0.15, 0.2) is 35.2 Å². The Morgan fingerprint density at radius 1 is 1.45 bits per heavy atom. The molecular weight excluding hydrogens is 302 g/mol. The first-order valence-electron chi connectivity index (χ1n) is 6.31. The van der Waals surface area contributed by atoms with Crippen LogP contribution in [-0.4, -0.2) is 41.0 Å². The third kappa shape index (κ3) is 2.64. The third-order valence-corrected chi connectivity index (χ3v) is 3.97. The SMILES string of the molecule is Cn1nnnc1SC/C(O)=C(\C#N)c1nc2ccccc2[nH]1. The van der Waals surface area contributed by atoms with Crippen molar-refractivity contribution in [2.24, 2.45) is 7.05 Å². The number of tetrazole rings is 1. The summed E-state index contributed by atoms with van der Waals surface area (Å²) in [4.78, 5) is 7.34. The van der Waals surface area contributed by atoms with Gasteiger partial charge in [-0.15, -0.1) is 5.10 Å². The summed E-state index contributed by atoms with van der Waals surface area (Å²) in [6, 6.07) is 9.41. The average Bonchev–Trinajstić information content (AvgIpc) is 3.11. The molecule has 0 amide bonds. The van der Waals surface area contributed by atoms with Crippen molar-refractivity contribution < 1.29 is 5.11 Å². The molecule has 3 aromatic rings. The summed E-state index contributed by atoms with van der Waals surface area (Å²) in [6.45, 7) is 0. The molecule has 0 aliphatic rings. The van der Waals surface area contributed by atoms with Gasteiger partial charge in [-0.05, 0) is 22.6 Å². The second-order valence-corrected chi connectivity index (χ2v) is 5.35. The van der Waals surface area contributed by atoms with E-state index in [1.54, 1.807) is 7.05 Å². The number of hydrogen-bond donors (Lipinski definition) is 2. The average molecular weight is 313 g/mol. The first-order valence-corrected chi connectivity index (χ1v) is 7.30. The number of nitrogens with zero attached hydrogens (tertiary/aromatic N) is 6. The smallest absolute Gasteiger partial charge is 0.209 e. The minimum atomic E-state index is -0.0745. The van der Waals surface area contributed by atoms with Gasteiger partial charge < -0.3 is 10.1 Å². The van der Waals surface area contributed by atoms with Crippen molar-refractivity contribution >= 4 is 28.4 Å². The fourth-order valence-electron chi connectivity index (χ4n) is 1.87. The van der Waals surface area contributed by atoms with Crippen LogP contribution in [0.2, 0.25) is 0 Å². The molecular formula is C13H11N7OS. The summed E-state index contributed by atoms with van der Waals surface area (Å²) in [5, 5.41) is 31.0. The largest absolute Gasteiger partial charge is 0.510 e. The topological polar surface area (TPSA) is 116 Å². The van der Waals surface area contributed by atoms with Gasteiger partial charge in [0, 0.05) is 7.05 Å². The minimum Gasteiger partial charge on any atom is -0.510 e. The maximum Gasteiger partial charge on any atom is 0.209 e. The summed E-state index contributed by atoms with van der Waals surface area (Å²) in [7, 11) is 1.70. The Morgan fingerprint density at radius 3 is 2.95 bits per heavy atom. The molecule has 22 heavy (non-hydrogen) atoms. The summed E-state index contributed by atoms with van der Waals surface area (Å²) >= 11 is 1.23. The van der Waals surface area contributed by atoms with Crippen molar-refractivity contribution in [1.29, 1.82) is 5.26 Å². The van der Waals surface area contributed by atoms with E-state index < -0.39 is 0 Å². The highest BCUT2D eigenvalue weighted by atomic mass is 32.2. The van der Waals surface area contributed by atoms with E-state index in [2.05, 4.69) is 25.5 Å². The van der Waals surface area contributed by atoms with Crippen molar-refractivity contribution in [3.8, 4) is 6.07 Å². The Kier molecular flexibility index (Phi) is 3.76. The van der Waals surface area contributed by atoms with Crippen LogP contribution >= 0.6 is 11.8 Å². The summed E-state index contributed by atoms with van der Waals surface area (Å²) in [5.41, 5.74) is 1.66. The third-order valence-electron chi connectivity index (χ3n) is 2.95. The molecule has 0 spiro atoms. The predicted octanol–water partition coefficient (Wildman–Crippen LogP) is 1.67. The van der Waals surface area contributed by atoms with E-state index in [1.807, 2.05) is 30.3 Å². The van der Waals surface area contributed by atoms with E-state index in [9.17, 15) is 10.4 Å².